The highest BCUT2D eigenvalue weighted by atomic mass is 32.3. The summed E-state index contributed by atoms with van der Waals surface area (Å²) >= 11 is 0. The van der Waals surface area contributed by atoms with Crippen LogP contribution in [0.3, 0.4) is 0 Å². The van der Waals surface area contributed by atoms with Crippen LogP contribution in [0.15, 0.2) is 0 Å². The molecule has 0 aromatic rings. The molecule has 0 atom stereocenters. The van der Waals surface area contributed by atoms with Crippen LogP contribution in [0, 0.1) is 0 Å². The van der Waals surface area contributed by atoms with E-state index in [0.29, 0.717) is 0 Å². The third-order valence-electron chi connectivity index (χ3n) is 1.72. The Hall–Kier alpha value is -1.10. The fourth-order valence-electron chi connectivity index (χ4n) is 0.917. The second kappa shape index (κ2) is 6.73. The molecule has 0 amide bonds. The summed E-state index contributed by atoms with van der Waals surface area (Å²) in [6.07, 6.45) is -0.246. The maximum Gasteiger partial charge on any atom is 0.214 e. The number of hydrogen-bond acceptors (Lipinski definition) is 8. The van der Waals surface area contributed by atoms with Crippen LogP contribution in [-0.4, -0.2) is 64.7 Å². The van der Waals surface area contributed by atoms with Gasteiger partial charge >= 0.3 is 0 Å². The molecule has 0 aliphatic heterocycles. The first-order valence-electron chi connectivity index (χ1n) is 4.52. The van der Waals surface area contributed by atoms with Crippen LogP contribution in [0.4, 0.5) is 0 Å². The van der Waals surface area contributed by atoms with E-state index in [1.54, 1.807) is 0 Å². The number of carbonyl (C=O) groups is 4. The van der Waals surface area contributed by atoms with Gasteiger partial charge in [0.05, 0.1) is 11.5 Å². The van der Waals surface area contributed by atoms with Crippen LogP contribution in [0.5, 0.6) is 0 Å². The molecular formula is C8H12O8S2. The second-order valence-electron chi connectivity index (χ2n) is 3.41. The van der Waals surface area contributed by atoms with Crippen molar-refractivity contribution in [3.8, 4) is 0 Å². The summed E-state index contributed by atoms with van der Waals surface area (Å²) in [5.74, 6) is -5.50. The highest BCUT2D eigenvalue weighted by Gasteiger charge is 2.23. The molecular weight excluding hydrogens is 288 g/mol. The smallest absolute Gasteiger partial charge is 0.214 e. The van der Waals surface area contributed by atoms with Gasteiger partial charge in [-0.1, -0.05) is 0 Å². The van der Waals surface area contributed by atoms with Crippen molar-refractivity contribution in [2.75, 3.05) is 23.0 Å². The molecule has 104 valence electrons. The SMILES string of the molecule is O=CC(=O)CS(O)(O)CCS(=O)(=O)CC(=O)C=O. The average molecular weight is 300 g/mol. The van der Waals surface area contributed by atoms with Crippen molar-refractivity contribution in [1.29, 1.82) is 0 Å². The summed E-state index contributed by atoms with van der Waals surface area (Å²) in [6.45, 7) is 0. The van der Waals surface area contributed by atoms with Gasteiger partial charge in [0, 0.05) is 0 Å². The highest BCUT2D eigenvalue weighted by Crippen LogP contribution is 2.37. The summed E-state index contributed by atoms with van der Waals surface area (Å²) in [7, 11) is -7.48. The van der Waals surface area contributed by atoms with E-state index in [0.717, 1.165) is 0 Å². The van der Waals surface area contributed by atoms with Gasteiger partial charge in [0.1, 0.15) is 11.5 Å². The van der Waals surface area contributed by atoms with Gasteiger partial charge in [0.15, 0.2) is 22.4 Å². The van der Waals surface area contributed by atoms with E-state index < -0.39 is 55.0 Å². The molecule has 10 heteroatoms. The summed E-state index contributed by atoms with van der Waals surface area (Å²) in [6, 6.07) is 0. The lowest BCUT2D eigenvalue weighted by Gasteiger charge is -2.30. The van der Waals surface area contributed by atoms with E-state index in [1.807, 2.05) is 0 Å². The molecule has 0 aromatic carbocycles. The molecule has 0 spiro atoms. The van der Waals surface area contributed by atoms with Crippen LogP contribution in [0.2, 0.25) is 0 Å². The summed E-state index contributed by atoms with van der Waals surface area (Å²) in [5.41, 5.74) is 0. The normalized spacial score (nSPS) is 12.8. The van der Waals surface area contributed by atoms with Gasteiger partial charge < -0.3 is 0 Å². The van der Waals surface area contributed by atoms with Crippen molar-refractivity contribution in [3.05, 3.63) is 0 Å². The topological polar surface area (TPSA) is 143 Å². The lowest BCUT2D eigenvalue weighted by atomic mass is 10.5. The molecule has 2 N–H and O–H groups in total. The molecule has 0 saturated heterocycles. The fourth-order valence-corrected chi connectivity index (χ4v) is 4.31. The Morgan fingerprint density at radius 1 is 0.889 bits per heavy atom. The number of carbonyl (C=O) groups excluding carboxylic acids is 4. The standard InChI is InChI=1S/C8H12O8S2/c9-3-7(11)5-17(13,14)1-2-18(15,16)6-8(12)4-10/h3-4,13-14H,1-2,5-6H2. The van der Waals surface area contributed by atoms with E-state index in [9.17, 15) is 36.7 Å². The maximum absolute atomic E-state index is 11.3. The first-order chi connectivity index (χ1) is 8.12. The molecule has 0 aliphatic rings. The zero-order valence-electron chi connectivity index (χ0n) is 9.14. The predicted octanol–water partition coefficient (Wildman–Crippen LogP) is -1.31. The van der Waals surface area contributed by atoms with Crippen LogP contribution in [0.1, 0.15) is 0 Å². The van der Waals surface area contributed by atoms with Crippen LogP contribution < -0.4 is 0 Å². The van der Waals surface area contributed by atoms with Gasteiger partial charge in [-0.15, -0.1) is 0 Å². The van der Waals surface area contributed by atoms with Crippen molar-refractivity contribution in [1.82, 2.24) is 0 Å². The monoisotopic (exact) mass is 300 g/mol. The molecule has 0 radical (unpaired) electrons. The van der Waals surface area contributed by atoms with Crippen molar-refractivity contribution in [3.63, 3.8) is 0 Å². The number of aldehydes is 2. The zero-order valence-corrected chi connectivity index (χ0v) is 10.8. The Morgan fingerprint density at radius 3 is 1.78 bits per heavy atom. The first kappa shape index (κ1) is 16.9. The Balaban J connectivity index is 4.46. The van der Waals surface area contributed by atoms with E-state index in [-0.39, 0.29) is 12.6 Å². The number of Topliss-reactive ketones (excluding diaryl/α,β-unsaturated/α-hetero) is 2. The lowest BCUT2D eigenvalue weighted by Crippen LogP contribution is -2.25. The molecule has 0 aromatic heterocycles. The summed E-state index contributed by atoms with van der Waals surface area (Å²) < 4.78 is 41.1. The van der Waals surface area contributed by atoms with E-state index >= 15 is 0 Å². The van der Waals surface area contributed by atoms with E-state index in [2.05, 4.69) is 0 Å². The zero-order chi connectivity index (χ0) is 14.4. The Bertz CT molecular complexity index is 450. The van der Waals surface area contributed by atoms with Crippen molar-refractivity contribution in [2.45, 2.75) is 0 Å². The molecule has 0 rings (SSSR count). The third kappa shape index (κ3) is 7.27. The maximum atomic E-state index is 11.3. The van der Waals surface area contributed by atoms with Crippen molar-refractivity contribution < 1.29 is 36.7 Å². The minimum Gasteiger partial charge on any atom is -0.299 e. The molecule has 0 bridgehead atoms. The fraction of sp³-hybridized carbons (Fsp3) is 0.500. The van der Waals surface area contributed by atoms with Gasteiger partial charge in [-0.2, -0.15) is 10.6 Å². The van der Waals surface area contributed by atoms with Crippen molar-refractivity contribution in [2.24, 2.45) is 0 Å². The number of hydrogen-bond donors (Lipinski definition) is 2. The largest absolute Gasteiger partial charge is 0.299 e. The van der Waals surface area contributed by atoms with Crippen LogP contribution >= 0.6 is 10.6 Å². The third-order valence-corrected chi connectivity index (χ3v) is 5.13. The minimum absolute atomic E-state index is 0.0986. The Labute approximate surface area is 105 Å². The lowest BCUT2D eigenvalue weighted by molar-refractivity contribution is -0.128. The molecule has 0 fully saturated rings. The second-order valence-corrected chi connectivity index (χ2v) is 7.90. The average Bonchev–Trinajstić information content (AvgIpc) is 2.25. The molecule has 0 unspecified atom stereocenters. The van der Waals surface area contributed by atoms with E-state index in [1.165, 1.54) is 0 Å². The van der Waals surface area contributed by atoms with Gasteiger partial charge in [0.2, 0.25) is 11.6 Å². The minimum atomic E-state index is -3.95. The summed E-state index contributed by atoms with van der Waals surface area (Å²) in [5, 5.41) is 0. The highest BCUT2D eigenvalue weighted by molar-refractivity contribution is 8.25. The Morgan fingerprint density at radius 2 is 1.33 bits per heavy atom. The number of rotatable bonds is 9. The molecule has 18 heavy (non-hydrogen) atoms. The first-order valence-corrected chi connectivity index (χ1v) is 8.22. The number of ketones is 2. The van der Waals surface area contributed by atoms with Gasteiger partial charge in [-0.25, -0.2) is 8.42 Å². The van der Waals surface area contributed by atoms with Gasteiger partial charge in [0.25, 0.3) is 0 Å². The number of sulfone groups is 1. The molecule has 0 aliphatic carbocycles. The van der Waals surface area contributed by atoms with E-state index in [4.69, 9.17) is 0 Å². The Kier molecular flexibility index (Phi) is 6.32. The van der Waals surface area contributed by atoms with Crippen LogP contribution in [0.25, 0.3) is 0 Å². The molecule has 0 saturated carbocycles. The molecule has 0 heterocycles. The van der Waals surface area contributed by atoms with Crippen molar-refractivity contribution >= 4 is 44.6 Å². The van der Waals surface area contributed by atoms with Crippen LogP contribution in [-0.2, 0) is 29.0 Å². The molecule has 8 nitrogen and oxygen atoms in total. The van der Waals surface area contributed by atoms with Gasteiger partial charge in [-0.05, 0) is 0 Å². The quantitative estimate of drug-likeness (QED) is 0.394. The predicted molar refractivity (Wildman–Crippen MR) is 63.4 cm³/mol. The van der Waals surface area contributed by atoms with Gasteiger partial charge in [-0.3, -0.25) is 28.3 Å². The summed E-state index contributed by atoms with van der Waals surface area (Å²) in [4.78, 5) is 41.3.